The molecular formula is C26H17AlN2O3. The summed E-state index contributed by atoms with van der Waals surface area (Å²) in [6.45, 7) is 0. The second-order valence-corrected chi connectivity index (χ2v) is 8.69. The Kier molecular flexibility index (Phi) is 4.73. The van der Waals surface area contributed by atoms with Gasteiger partial charge in [0.2, 0.25) is 0 Å². The van der Waals surface area contributed by atoms with Crippen LogP contribution in [0.3, 0.4) is 0 Å². The molecule has 5 nitrogen and oxygen atoms in total. The number of hydrogen-bond acceptors (Lipinski definition) is 5. The van der Waals surface area contributed by atoms with Crippen molar-refractivity contribution in [1.29, 1.82) is 0 Å². The number of nitrogens with zero attached hydrogens (tertiary/aromatic N) is 2. The van der Waals surface area contributed by atoms with Gasteiger partial charge in [0, 0.05) is 28.7 Å². The van der Waals surface area contributed by atoms with E-state index in [1.54, 1.807) is 6.20 Å². The number of fused-ring (bicyclic) bond motifs is 5. The zero-order valence-electron chi connectivity index (χ0n) is 17.0. The van der Waals surface area contributed by atoms with Crippen molar-refractivity contribution >= 4 is 48.7 Å². The van der Waals surface area contributed by atoms with Gasteiger partial charge in [-0.05, 0) is 35.7 Å². The van der Waals surface area contributed by atoms with Crippen molar-refractivity contribution in [3.63, 3.8) is 0 Å². The first kappa shape index (κ1) is 18.9. The summed E-state index contributed by atoms with van der Waals surface area (Å²) < 4.78 is 19.2. The van der Waals surface area contributed by atoms with E-state index in [0.717, 1.165) is 32.9 Å². The summed E-state index contributed by atoms with van der Waals surface area (Å²) in [4.78, 5) is 9.22. The first-order valence-corrected chi connectivity index (χ1v) is 11.8. The Hall–Kier alpha value is -3.85. The van der Waals surface area contributed by atoms with Crippen LogP contribution in [0.15, 0.2) is 102 Å². The minimum Gasteiger partial charge on any atom is -0.577 e. The Morgan fingerprint density at radius 3 is 2.56 bits per heavy atom. The van der Waals surface area contributed by atoms with Crippen molar-refractivity contribution in [1.82, 2.24) is 4.98 Å². The van der Waals surface area contributed by atoms with Gasteiger partial charge in [-0.25, -0.2) is 0 Å². The van der Waals surface area contributed by atoms with E-state index in [1.165, 1.54) is 0 Å². The highest BCUT2D eigenvalue weighted by molar-refractivity contribution is 6.40. The highest BCUT2D eigenvalue weighted by atomic mass is 27.3. The number of pyridine rings is 1. The van der Waals surface area contributed by atoms with Crippen LogP contribution in [0.25, 0.3) is 21.7 Å². The van der Waals surface area contributed by atoms with Crippen LogP contribution in [0.5, 0.6) is 17.2 Å². The van der Waals surface area contributed by atoms with Crippen molar-refractivity contribution in [3.05, 3.63) is 103 Å². The maximum Gasteiger partial charge on any atom is 1.20 e. The second-order valence-electron chi connectivity index (χ2n) is 7.40. The highest BCUT2D eigenvalue weighted by Gasteiger charge is 2.46. The van der Waals surface area contributed by atoms with Gasteiger partial charge in [-0.15, -0.1) is 0 Å². The fourth-order valence-corrected chi connectivity index (χ4v) is 5.24. The van der Waals surface area contributed by atoms with E-state index < -0.39 is 15.1 Å². The molecule has 152 valence electrons. The maximum absolute atomic E-state index is 6.49. The average molecular weight is 432 g/mol. The van der Waals surface area contributed by atoms with Gasteiger partial charge in [-0.1, -0.05) is 60.7 Å². The Labute approximate surface area is 189 Å². The van der Waals surface area contributed by atoms with E-state index in [2.05, 4.69) is 11.1 Å². The summed E-state index contributed by atoms with van der Waals surface area (Å²) >= 11 is -2.76. The molecule has 6 heteroatoms. The number of aliphatic imine (C=N–C) groups is 1. The average Bonchev–Trinajstić information content (AvgIpc) is 2.91. The molecule has 4 aromatic carbocycles. The maximum atomic E-state index is 6.49. The standard InChI is InChI=1S/C17H13NO2.C9H7NO.Al/c19-16-8-4-2-6-13(16)11-18-15-10-9-12-5-1-3-7-14(12)17(15)20;11-8-5-1-3-7-4-2-6-10-9(7)8;/h1-11,19-20H;1-6,11H;/q;;+3/p-3. The Morgan fingerprint density at radius 2 is 1.56 bits per heavy atom. The number of aromatic nitrogens is 1. The fraction of sp³-hybridized carbons (Fsp3) is 0. The van der Waals surface area contributed by atoms with Crippen molar-refractivity contribution in [2.45, 2.75) is 0 Å². The van der Waals surface area contributed by atoms with Gasteiger partial charge in [0.1, 0.15) is 22.7 Å². The zero-order chi connectivity index (χ0) is 21.3. The van der Waals surface area contributed by atoms with E-state index in [-0.39, 0.29) is 0 Å². The SMILES string of the molecule is C1=Nc2ccc3ccccc3c2[O][Al]([O]c2cccc3cccnc23)[O]c2ccccc21. The van der Waals surface area contributed by atoms with Crippen LogP contribution in [-0.4, -0.2) is 26.3 Å². The molecule has 0 bridgehead atoms. The van der Waals surface area contributed by atoms with Crippen LogP contribution < -0.4 is 11.4 Å². The number of hydrogen-bond donors (Lipinski definition) is 0. The van der Waals surface area contributed by atoms with Crippen LogP contribution in [0.4, 0.5) is 5.69 Å². The molecule has 0 fully saturated rings. The van der Waals surface area contributed by atoms with E-state index in [9.17, 15) is 0 Å². The lowest BCUT2D eigenvalue weighted by molar-refractivity contribution is 0.310. The van der Waals surface area contributed by atoms with E-state index in [4.69, 9.17) is 16.4 Å². The molecule has 32 heavy (non-hydrogen) atoms. The highest BCUT2D eigenvalue weighted by Crippen LogP contribution is 2.38. The molecule has 1 aliphatic heterocycles. The molecule has 1 aliphatic rings. The molecule has 0 unspecified atom stereocenters. The minimum atomic E-state index is -2.76. The van der Waals surface area contributed by atoms with E-state index >= 15 is 0 Å². The van der Waals surface area contributed by atoms with Gasteiger partial charge < -0.3 is 11.4 Å². The predicted octanol–water partition coefficient (Wildman–Crippen LogP) is 5.97. The first-order chi connectivity index (χ1) is 15.8. The van der Waals surface area contributed by atoms with Crippen molar-refractivity contribution in [3.8, 4) is 17.2 Å². The van der Waals surface area contributed by atoms with Gasteiger partial charge in [-0.3, -0.25) is 9.98 Å². The molecular weight excluding hydrogens is 415 g/mol. The summed E-state index contributed by atoms with van der Waals surface area (Å²) in [7, 11) is 0. The molecule has 5 aromatic rings. The molecule has 0 aliphatic carbocycles. The smallest absolute Gasteiger partial charge is 0.577 e. The molecule has 0 saturated carbocycles. The molecule has 0 N–H and O–H groups in total. The van der Waals surface area contributed by atoms with Gasteiger partial charge in [0.15, 0.2) is 0 Å². The van der Waals surface area contributed by atoms with Gasteiger partial charge in [0.05, 0.1) is 5.75 Å². The topological polar surface area (TPSA) is 52.9 Å². The molecule has 0 amide bonds. The van der Waals surface area contributed by atoms with Crippen LogP contribution in [-0.2, 0) is 0 Å². The molecule has 2 heterocycles. The summed E-state index contributed by atoms with van der Waals surface area (Å²) in [6.07, 6.45) is 3.57. The van der Waals surface area contributed by atoms with Gasteiger partial charge >= 0.3 is 15.1 Å². The zero-order valence-corrected chi connectivity index (χ0v) is 18.2. The number of rotatable bonds is 2. The number of para-hydroxylation sites is 2. The van der Waals surface area contributed by atoms with E-state index in [0.29, 0.717) is 17.2 Å². The molecule has 1 aromatic heterocycles. The molecule has 6 rings (SSSR count). The number of benzene rings is 4. The summed E-state index contributed by atoms with van der Waals surface area (Å²) in [5.41, 5.74) is 2.38. The molecule has 0 atom stereocenters. The van der Waals surface area contributed by atoms with Crippen molar-refractivity contribution in [2.24, 2.45) is 4.99 Å². The van der Waals surface area contributed by atoms with Crippen LogP contribution in [0.2, 0.25) is 0 Å². The van der Waals surface area contributed by atoms with Crippen molar-refractivity contribution < 1.29 is 11.4 Å². The van der Waals surface area contributed by atoms with Gasteiger partial charge in [0.25, 0.3) is 0 Å². The first-order valence-electron chi connectivity index (χ1n) is 10.3. The summed E-state index contributed by atoms with van der Waals surface area (Å²) in [6, 6.07) is 29.6. The second kappa shape index (κ2) is 8.01. The largest absolute Gasteiger partial charge is 1.20 e. The van der Waals surface area contributed by atoms with E-state index in [1.807, 2.05) is 91.1 Å². The third-order valence-electron chi connectivity index (χ3n) is 5.38. The van der Waals surface area contributed by atoms with Gasteiger partial charge in [-0.2, -0.15) is 0 Å². The molecule has 0 saturated heterocycles. The lowest BCUT2D eigenvalue weighted by Crippen LogP contribution is -2.37. The van der Waals surface area contributed by atoms with Crippen LogP contribution >= 0.6 is 0 Å². The van der Waals surface area contributed by atoms with Crippen LogP contribution in [0, 0.1) is 0 Å². The molecule has 0 radical (unpaired) electrons. The quantitative estimate of drug-likeness (QED) is 0.322. The monoisotopic (exact) mass is 432 g/mol. The summed E-state index contributed by atoms with van der Waals surface area (Å²) in [5, 5.41) is 3.03. The fourth-order valence-electron chi connectivity index (χ4n) is 3.84. The minimum absolute atomic E-state index is 0.638. The Bertz CT molecular complexity index is 1480. The Balaban J connectivity index is 1.50. The van der Waals surface area contributed by atoms with Crippen LogP contribution in [0.1, 0.15) is 5.56 Å². The lowest BCUT2D eigenvalue weighted by atomic mass is 10.1. The Morgan fingerprint density at radius 1 is 0.719 bits per heavy atom. The predicted molar refractivity (Wildman–Crippen MR) is 127 cm³/mol. The lowest BCUT2D eigenvalue weighted by Gasteiger charge is -2.19. The third-order valence-corrected chi connectivity index (χ3v) is 6.70. The normalized spacial score (nSPS) is 12.7. The summed E-state index contributed by atoms with van der Waals surface area (Å²) in [5.74, 6) is 1.98. The van der Waals surface area contributed by atoms with Crippen molar-refractivity contribution in [2.75, 3.05) is 0 Å². The molecule has 0 spiro atoms. The third kappa shape index (κ3) is 3.46.